The molecule has 0 radical (unpaired) electrons. The number of nitrogens with zero attached hydrogens (tertiary/aromatic N) is 2. The number of fused-ring (bicyclic) bond motifs is 5. The Kier molecular flexibility index (Phi) is 4.85. The van der Waals surface area contributed by atoms with Gasteiger partial charge in [-0.05, 0) is 36.0 Å². The molecule has 3 fully saturated rings. The number of hydrogen-bond donors (Lipinski definition) is 0. The highest BCUT2D eigenvalue weighted by Gasteiger charge is 2.60. The van der Waals surface area contributed by atoms with E-state index in [0.29, 0.717) is 32.1 Å². The number of carbonyl (C=O) groups excluding carboxylic acids is 3. The van der Waals surface area contributed by atoms with Crippen LogP contribution in [0.25, 0.3) is 0 Å². The molecule has 7 nitrogen and oxygen atoms in total. The maximum absolute atomic E-state index is 13.4. The number of hydrogen-bond acceptors (Lipinski definition) is 5. The van der Waals surface area contributed by atoms with Crippen molar-refractivity contribution in [1.82, 2.24) is 9.80 Å². The first kappa shape index (κ1) is 19.3. The first-order valence-corrected chi connectivity index (χ1v) is 10.6. The van der Waals surface area contributed by atoms with Gasteiger partial charge >= 0.3 is 0 Å². The first-order chi connectivity index (χ1) is 14.6. The summed E-state index contributed by atoms with van der Waals surface area (Å²) in [5, 5.41) is 0. The third kappa shape index (κ3) is 3.03. The van der Waals surface area contributed by atoms with Crippen molar-refractivity contribution in [3.63, 3.8) is 0 Å². The van der Waals surface area contributed by atoms with Crippen molar-refractivity contribution in [1.29, 1.82) is 0 Å². The lowest BCUT2D eigenvalue weighted by atomic mass is 9.85. The van der Waals surface area contributed by atoms with Crippen molar-refractivity contribution in [2.24, 2.45) is 23.7 Å². The summed E-state index contributed by atoms with van der Waals surface area (Å²) in [5.74, 6) is 0.127. The van der Waals surface area contributed by atoms with E-state index in [1.54, 1.807) is 24.1 Å². The van der Waals surface area contributed by atoms with Crippen LogP contribution in [0.3, 0.4) is 0 Å². The molecule has 2 bridgehead atoms. The summed E-state index contributed by atoms with van der Waals surface area (Å²) in [4.78, 5) is 43.0. The number of allylic oxidation sites excluding steroid dienone is 2. The fourth-order valence-corrected chi connectivity index (χ4v) is 5.52. The number of ether oxygens (including phenoxy) is 2. The number of imide groups is 1. The van der Waals surface area contributed by atoms with Crippen molar-refractivity contribution < 1.29 is 23.9 Å². The third-order valence-electron chi connectivity index (χ3n) is 7.05. The molecule has 1 aromatic carbocycles. The molecule has 0 spiro atoms. The predicted molar refractivity (Wildman–Crippen MR) is 107 cm³/mol. The lowest BCUT2D eigenvalue weighted by molar-refractivity contribution is -0.146. The van der Waals surface area contributed by atoms with Crippen molar-refractivity contribution in [2.45, 2.75) is 18.9 Å². The largest absolute Gasteiger partial charge is 0.497 e. The zero-order valence-electron chi connectivity index (χ0n) is 17.0. The van der Waals surface area contributed by atoms with Crippen molar-refractivity contribution in [2.75, 3.05) is 33.4 Å². The molecule has 2 aliphatic carbocycles. The van der Waals surface area contributed by atoms with Crippen LogP contribution in [0.5, 0.6) is 5.75 Å². The van der Waals surface area contributed by atoms with Crippen LogP contribution in [0, 0.1) is 23.7 Å². The molecule has 1 saturated carbocycles. The molecule has 5 atom stereocenters. The number of morpholine rings is 1. The molecular weight excluding hydrogens is 384 g/mol. The van der Waals surface area contributed by atoms with Crippen LogP contribution in [-0.4, -0.2) is 60.9 Å². The predicted octanol–water partition coefficient (Wildman–Crippen LogP) is 1.79. The number of amides is 3. The van der Waals surface area contributed by atoms with Crippen LogP contribution in [0.1, 0.15) is 24.4 Å². The van der Waals surface area contributed by atoms with Crippen LogP contribution in [-0.2, 0) is 19.1 Å². The summed E-state index contributed by atoms with van der Waals surface area (Å²) in [7, 11) is 1.59. The maximum Gasteiger partial charge on any atom is 0.234 e. The van der Waals surface area contributed by atoms with E-state index >= 15 is 0 Å². The Morgan fingerprint density at radius 1 is 1.07 bits per heavy atom. The minimum atomic E-state index is -0.601. The second-order valence-corrected chi connectivity index (χ2v) is 8.53. The summed E-state index contributed by atoms with van der Waals surface area (Å²) in [6.07, 6.45) is 5.15. The van der Waals surface area contributed by atoms with E-state index in [9.17, 15) is 14.4 Å². The van der Waals surface area contributed by atoms with Crippen LogP contribution < -0.4 is 4.74 Å². The summed E-state index contributed by atoms with van der Waals surface area (Å²) in [6.45, 7) is 2.10. The van der Waals surface area contributed by atoms with E-state index < -0.39 is 6.04 Å². The molecular formula is C23H26N2O5. The third-order valence-corrected chi connectivity index (χ3v) is 7.05. The van der Waals surface area contributed by atoms with Gasteiger partial charge in [0.05, 0.1) is 44.6 Å². The Morgan fingerprint density at radius 3 is 2.23 bits per heavy atom. The van der Waals surface area contributed by atoms with E-state index in [2.05, 4.69) is 12.2 Å². The second-order valence-electron chi connectivity index (χ2n) is 8.53. The first-order valence-electron chi connectivity index (χ1n) is 10.6. The van der Waals surface area contributed by atoms with Gasteiger partial charge < -0.3 is 14.4 Å². The molecule has 5 rings (SSSR count). The van der Waals surface area contributed by atoms with Crippen molar-refractivity contribution in [3.8, 4) is 5.75 Å². The van der Waals surface area contributed by atoms with Gasteiger partial charge in [-0.3, -0.25) is 19.3 Å². The Balaban J connectivity index is 1.45. The molecule has 0 N–H and O–H groups in total. The van der Waals surface area contributed by atoms with E-state index in [1.807, 2.05) is 12.1 Å². The molecule has 3 amide bonds. The van der Waals surface area contributed by atoms with E-state index in [4.69, 9.17) is 9.47 Å². The molecule has 2 heterocycles. The Bertz CT molecular complexity index is 859. The number of carbonyl (C=O) groups is 3. The fraction of sp³-hybridized carbons (Fsp3) is 0.522. The smallest absolute Gasteiger partial charge is 0.234 e. The summed E-state index contributed by atoms with van der Waals surface area (Å²) in [5.41, 5.74) is 0.777. The average Bonchev–Trinajstić information content (AvgIpc) is 3.47. The van der Waals surface area contributed by atoms with Gasteiger partial charge in [-0.1, -0.05) is 24.3 Å². The van der Waals surface area contributed by atoms with Crippen LogP contribution in [0.2, 0.25) is 0 Å². The molecule has 1 aromatic rings. The molecule has 30 heavy (non-hydrogen) atoms. The molecule has 2 saturated heterocycles. The van der Waals surface area contributed by atoms with Crippen molar-refractivity contribution in [3.05, 3.63) is 42.0 Å². The normalized spacial score (nSPS) is 30.7. The van der Waals surface area contributed by atoms with Crippen molar-refractivity contribution >= 4 is 17.7 Å². The Hall–Kier alpha value is -2.67. The minimum Gasteiger partial charge on any atom is -0.497 e. The molecule has 2 aliphatic heterocycles. The highest BCUT2D eigenvalue weighted by molar-refractivity contribution is 6.07. The van der Waals surface area contributed by atoms with E-state index in [1.165, 1.54) is 4.90 Å². The SMILES string of the molecule is COc1ccc(C(CC(=O)N2CCOCC2)N2C(=O)C3C4C=CC(C4)C3C2=O)cc1. The van der Waals surface area contributed by atoms with Gasteiger partial charge in [0.1, 0.15) is 5.75 Å². The van der Waals surface area contributed by atoms with Crippen LogP contribution in [0.15, 0.2) is 36.4 Å². The topological polar surface area (TPSA) is 76.2 Å². The zero-order valence-corrected chi connectivity index (χ0v) is 17.0. The second kappa shape index (κ2) is 7.54. The standard InChI is InChI=1S/C23H26N2O5/c1-29-17-6-4-14(5-7-17)18(13-19(26)24-8-10-30-11-9-24)25-22(27)20-15-2-3-16(12-15)21(20)23(25)28/h2-7,15-16,18,20-21H,8-13H2,1H3. The highest BCUT2D eigenvalue weighted by Crippen LogP contribution is 2.54. The van der Waals surface area contributed by atoms with Crippen LogP contribution in [0.4, 0.5) is 0 Å². The van der Waals surface area contributed by atoms with E-state index in [-0.39, 0.29) is 47.8 Å². The van der Waals surface area contributed by atoms with Gasteiger partial charge in [0.25, 0.3) is 0 Å². The molecule has 7 heteroatoms. The van der Waals surface area contributed by atoms with Gasteiger partial charge in [-0.2, -0.15) is 0 Å². The quantitative estimate of drug-likeness (QED) is 0.547. The average molecular weight is 410 g/mol. The van der Waals surface area contributed by atoms with E-state index in [0.717, 1.165) is 12.0 Å². The van der Waals surface area contributed by atoms with Gasteiger partial charge in [-0.15, -0.1) is 0 Å². The lowest BCUT2D eigenvalue weighted by Crippen LogP contribution is -2.44. The van der Waals surface area contributed by atoms with Gasteiger partial charge in [-0.25, -0.2) is 0 Å². The lowest BCUT2D eigenvalue weighted by Gasteiger charge is -2.32. The Labute approximate surface area is 175 Å². The molecule has 158 valence electrons. The number of likely N-dealkylation sites (tertiary alicyclic amines) is 1. The maximum atomic E-state index is 13.4. The number of rotatable bonds is 5. The fourth-order valence-electron chi connectivity index (χ4n) is 5.52. The summed E-state index contributed by atoms with van der Waals surface area (Å²) >= 11 is 0. The minimum absolute atomic E-state index is 0.0575. The Morgan fingerprint density at radius 2 is 1.67 bits per heavy atom. The van der Waals surface area contributed by atoms with Gasteiger partial charge in [0.2, 0.25) is 17.7 Å². The zero-order chi connectivity index (χ0) is 20.8. The van der Waals surface area contributed by atoms with Gasteiger partial charge in [0, 0.05) is 13.1 Å². The number of benzene rings is 1. The van der Waals surface area contributed by atoms with Gasteiger partial charge in [0.15, 0.2) is 0 Å². The summed E-state index contributed by atoms with van der Waals surface area (Å²) in [6, 6.07) is 6.70. The molecule has 0 aromatic heterocycles. The number of methoxy groups -OCH3 is 1. The van der Waals surface area contributed by atoms with Crippen LogP contribution >= 0.6 is 0 Å². The summed E-state index contributed by atoms with van der Waals surface area (Å²) < 4.78 is 10.6. The molecule has 4 aliphatic rings. The highest BCUT2D eigenvalue weighted by atomic mass is 16.5. The monoisotopic (exact) mass is 410 g/mol. The molecule has 5 unspecified atom stereocenters.